The Labute approximate surface area is 177 Å². The van der Waals surface area contributed by atoms with Gasteiger partial charge in [0.15, 0.2) is 0 Å². The summed E-state index contributed by atoms with van der Waals surface area (Å²) in [7, 11) is 0. The van der Waals surface area contributed by atoms with Gasteiger partial charge in [-0.25, -0.2) is 0 Å². The molecule has 29 heavy (non-hydrogen) atoms. The molecule has 1 saturated carbocycles. The van der Waals surface area contributed by atoms with Gasteiger partial charge in [-0.15, -0.1) is 0 Å². The molecule has 2 bridgehead atoms. The van der Waals surface area contributed by atoms with Crippen molar-refractivity contribution >= 4 is 52.3 Å². The van der Waals surface area contributed by atoms with Crippen LogP contribution in [0.25, 0.3) is 0 Å². The average Bonchev–Trinajstić information content (AvgIpc) is 3.39. The molecule has 3 aliphatic rings. The molecular formula is C22H16Cl2N2O3. The molecule has 0 unspecified atom stereocenters. The number of halogens is 2. The normalized spacial score (nSPS) is 26.9. The summed E-state index contributed by atoms with van der Waals surface area (Å²) in [6.07, 6.45) is 5.02. The van der Waals surface area contributed by atoms with E-state index in [1.165, 1.54) is 4.90 Å². The SMILES string of the molecule is O=C(Nc1cccc(Cl)c1Cl)c1ccc(N2C(=O)[C@@H]3[C@H](C2=O)[C@H]2C=C[C@H]3C2)cc1. The van der Waals surface area contributed by atoms with Crippen LogP contribution in [-0.2, 0) is 9.59 Å². The highest BCUT2D eigenvalue weighted by Gasteiger charge is 2.59. The van der Waals surface area contributed by atoms with Crippen LogP contribution < -0.4 is 10.2 Å². The number of carbonyl (C=O) groups is 3. The van der Waals surface area contributed by atoms with Crippen LogP contribution in [0, 0.1) is 23.7 Å². The minimum absolute atomic E-state index is 0.139. The number of rotatable bonds is 3. The summed E-state index contributed by atoms with van der Waals surface area (Å²) in [4.78, 5) is 39.6. The van der Waals surface area contributed by atoms with Crippen LogP contribution in [0.1, 0.15) is 16.8 Å². The molecule has 1 saturated heterocycles. The van der Waals surface area contributed by atoms with E-state index in [0.29, 0.717) is 22.0 Å². The van der Waals surface area contributed by atoms with Gasteiger partial charge in [0.2, 0.25) is 11.8 Å². The van der Waals surface area contributed by atoms with E-state index in [4.69, 9.17) is 23.2 Å². The Bertz CT molecular complexity index is 1050. The Hall–Kier alpha value is -2.63. The Morgan fingerprint density at radius 3 is 2.17 bits per heavy atom. The molecule has 2 aliphatic carbocycles. The van der Waals surface area contributed by atoms with E-state index in [0.717, 1.165) is 6.42 Å². The van der Waals surface area contributed by atoms with Crippen molar-refractivity contribution in [2.75, 3.05) is 10.2 Å². The first-order chi connectivity index (χ1) is 14.0. The first-order valence-electron chi connectivity index (χ1n) is 9.37. The summed E-state index contributed by atoms with van der Waals surface area (Å²) in [5.74, 6) is -0.799. The maximum atomic E-state index is 12.9. The van der Waals surface area contributed by atoms with Crippen molar-refractivity contribution in [3.63, 3.8) is 0 Å². The number of fused-ring (bicyclic) bond motifs is 5. The maximum Gasteiger partial charge on any atom is 0.255 e. The fourth-order valence-corrected chi connectivity index (χ4v) is 5.06. The van der Waals surface area contributed by atoms with Crippen molar-refractivity contribution in [1.82, 2.24) is 0 Å². The highest BCUT2D eigenvalue weighted by molar-refractivity contribution is 6.44. The standard InChI is InChI=1S/C22H16Cl2N2O3/c23-15-2-1-3-16(19(15)24)25-20(27)11-6-8-14(9-7-11)26-21(28)17-12-4-5-13(10-12)18(17)22(26)29/h1-9,12-13,17-18H,10H2,(H,25,27)/t12-,13-,17-,18+/m0/s1. The van der Waals surface area contributed by atoms with Crippen LogP contribution in [0.2, 0.25) is 10.0 Å². The number of hydrogen-bond acceptors (Lipinski definition) is 3. The van der Waals surface area contributed by atoms with Crippen LogP contribution in [-0.4, -0.2) is 17.7 Å². The molecule has 0 aromatic heterocycles. The van der Waals surface area contributed by atoms with Gasteiger partial charge in [0.1, 0.15) is 0 Å². The summed E-state index contributed by atoms with van der Waals surface area (Å²) >= 11 is 12.1. The van der Waals surface area contributed by atoms with E-state index in [1.54, 1.807) is 42.5 Å². The molecule has 0 spiro atoms. The van der Waals surface area contributed by atoms with Crippen LogP contribution in [0.15, 0.2) is 54.6 Å². The van der Waals surface area contributed by atoms with Gasteiger partial charge in [0.05, 0.1) is 33.3 Å². The zero-order valence-corrected chi connectivity index (χ0v) is 16.7. The van der Waals surface area contributed by atoms with Gasteiger partial charge < -0.3 is 5.32 Å². The number of amides is 3. The number of anilines is 2. The molecule has 2 fully saturated rings. The largest absolute Gasteiger partial charge is 0.321 e. The lowest BCUT2D eigenvalue weighted by Crippen LogP contribution is -2.32. The predicted octanol–water partition coefficient (Wildman–Crippen LogP) is 4.56. The smallest absolute Gasteiger partial charge is 0.255 e. The summed E-state index contributed by atoms with van der Waals surface area (Å²) in [5.41, 5.74) is 1.28. The fourth-order valence-electron chi connectivity index (χ4n) is 4.71. The molecule has 146 valence electrons. The van der Waals surface area contributed by atoms with Gasteiger partial charge in [-0.05, 0) is 54.7 Å². The zero-order valence-electron chi connectivity index (χ0n) is 15.1. The monoisotopic (exact) mass is 426 g/mol. The van der Waals surface area contributed by atoms with Crippen molar-refractivity contribution in [2.45, 2.75) is 6.42 Å². The Morgan fingerprint density at radius 1 is 0.931 bits per heavy atom. The Kier molecular flexibility index (Phi) is 4.26. The van der Waals surface area contributed by atoms with E-state index in [9.17, 15) is 14.4 Å². The minimum Gasteiger partial charge on any atom is -0.321 e. The molecular weight excluding hydrogens is 411 g/mol. The number of carbonyl (C=O) groups excluding carboxylic acids is 3. The fraction of sp³-hybridized carbons (Fsp3) is 0.227. The molecule has 4 atom stereocenters. The van der Waals surface area contributed by atoms with Crippen LogP contribution >= 0.6 is 23.2 Å². The van der Waals surface area contributed by atoms with Gasteiger partial charge in [-0.2, -0.15) is 0 Å². The number of nitrogens with zero attached hydrogens (tertiary/aromatic N) is 1. The third-order valence-corrected chi connectivity index (χ3v) is 6.88. The Balaban J connectivity index is 1.36. The van der Waals surface area contributed by atoms with Gasteiger partial charge >= 0.3 is 0 Å². The van der Waals surface area contributed by atoms with E-state index >= 15 is 0 Å². The van der Waals surface area contributed by atoms with Crippen molar-refractivity contribution in [3.05, 3.63) is 70.2 Å². The molecule has 1 aliphatic heterocycles. The third-order valence-electron chi connectivity index (χ3n) is 6.06. The topological polar surface area (TPSA) is 66.5 Å². The molecule has 1 N–H and O–H groups in total. The number of allylic oxidation sites excluding steroid dienone is 2. The molecule has 5 rings (SSSR count). The van der Waals surface area contributed by atoms with Crippen LogP contribution in [0.3, 0.4) is 0 Å². The lowest BCUT2D eigenvalue weighted by atomic mass is 9.85. The first-order valence-corrected chi connectivity index (χ1v) is 10.1. The van der Waals surface area contributed by atoms with Gasteiger partial charge in [-0.1, -0.05) is 41.4 Å². The molecule has 0 radical (unpaired) electrons. The van der Waals surface area contributed by atoms with Crippen molar-refractivity contribution in [3.8, 4) is 0 Å². The van der Waals surface area contributed by atoms with E-state index in [2.05, 4.69) is 17.5 Å². The van der Waals surface area contributed by atoms with Gasteiger partial charge in [0.25, 0.3) is 5.91 Å². The second kappa shape index (κ2) is 6.71. The number of imide groups is 1. The maximum absolute atomic E-state index is 12.9. The van der Waals surface area contributed by atoms with E-state index in [1.807, 2.05) is 0 Å². The average molecular weight is 427 g/mol. The highest BCUT2D eigenvalue weighted by atomic mass is 35.5. The summed E-state index contributed by atoms with van der Waals surface area (Å²) in [5, 5.41) is 3.33. The molecule has 7 heteroatoms. The van der Waals surface area contributed by atoms with Gasteiger partial charge in [-0.3, -0.25) is 19.3 Å². The lowest BCUT2D eigenvalue weighted by Gasteiger charge is -2.17. The van der Waals surface area contributed by atoms with E-state index < -0.39 is 0 Å². The molecule has 5 nitrogen and oxygen atoms in total. The second-order valence-electron chi connectivity index (χ2n) is 7.61. The number of nitrogens with one attached hydrogen (secondary N) is 1. The van der Waals surface area contributed by atoms with E-state index in [-0.39, 0.29) is 46.4 Å². The quantitative estimate of drug-likeness (QED) is 0.577. The summed E-state index contributed by atoms with van der Waals surface area (Å²) in [6, 6.07) is 11.4. The summed E-state index contributed by atoms with van der Waals surface area (Å²) < 4.78 is 0. The molecule has 3 amide bonds. The van der Waals surface area contributed by atoms with Crippen LogP contribution in [0.5, 0.6) is 0 Å². The molecule has 2 aromatic rings. The summed E-state index contributed by atoms with van der Waals surface area (Å²) in [6.45, 7) is 0. The van der Waals surface area contributed by atoms with Crippen LogP contribution in [0.4, 0.5) is 11.4 Å². The molecule has 1 heterocycles. The molecule has 2 aromatic carbocycles. The number of benzene rings is 2. The number of hydrogen-bond donors (Lipinski definition) is 1. The van der Waals surface area contributed by atoms with Crippen molar-refractivity contribution < 1.29 is 14.4 Å². The third kappa shape index (κ3) is 2.80. The van der Waals surface area contributed by atoms with Crippen molar-refractivity contribution in [2.24, 2.45) is 23.7 Å². The highest BCUT2D eigenvalue weighted by Crippen LogP contribution is 2.53. The Morgan fingerprint density at radius 2 is 1.55 bits per heavy atom. The first kappa shape index (κ1) is 18.4. The predicted molar refractivity (Wildman–Crippen MR) is 111 cm³/mol. The minimum atomic E-state index is -0.362. The van der Waals surface area contributed by atoms with Gasteiger partial charge in [0, 0.05) is 5.56 Å². The second-order valence-corrected chi connectivity index (χ2v) is 8.40. The van der Waals surface area contributed by atoms with Crippen molar-refractivity contribution in [1.29, 1.82) is 0 Å². The zero-order chi connectivity index (χ0) is 20.3. The lowest BCUT2D eigenvalue weighted by molar-refractivity contribution is -0.123.